The van der Waals surface area contributed by atoms with E-state index in [-0.39, 0.29) is 0 Å². The summed E-state index contributed by atoms with van der Waals surface area (Å²) in [7, 11) is 0. The molecule has 3 aliphatic rings. The molecule has 3 heterocycles. The third-order valence-corrected chi connectivity index (χ3v) is 4.54. The fraction of sp³-hybridized carbons (Fsp3) is 0.692. The molecule has 1 aliphatic carbocycles. The fourth-order valence-corrected chi connectivity index (χ4v) is 3.64. The van der Waals surface area contributed by atoms with Gasteiger partial charge >= 0.3 is 0 Å². The van der Waals surface area contributed by atoms with Crippen LogP contribution in [0.1, 0.15) is 17.7 Å². The molecule has 1 N–H and O–H groups in total. The molecule has 4 rings (SSSR count). The second kappa shape index (κ2) is 3.67. The van der Waals surface area contributed by atoms with Crippen LogP contribution in [0.25, 0.3) is 0 Å². The van der Waals surface area contributed by atoms with Crippen LogP contribution >= 0.6 is 0 Å². The van der Waals surface area contributed by atoms with Gasteiger partial charge in [0.2, 0.25) is 0 Å². The van der Waals surface area contributed by atoms with E-state index < -0.39 is 0 Å². The Morgan fingerprint density at radius 3 is 2.76 bits per heavy atom. The number of rotatable bonds is 1. The second-order valence-electron chi connectivity index (χ2n) is 5.56. The molecule has 1 aromatic heterocycles. The Kier molecular flexibility index (Phi) is 2.12. The van der Waals surface area contributed by atoms with Gasteiger partial charge in [-0.1, -0.05) is 0 Å². The highest BCUT2D eigenvalue weighted by Gasteiger charge is 2.37. The van der Waals surface area contributed by atoms with Gasteiger partial charge in [-0.25, -0.2) is 9.97 Å². The third kappa shape index (κ3) is 1.47. The average Bonchev–Trinajstić information content (AvgIpc) is 3.02. The van der Waals surface area contributed by atoms with Crippen molar-refractivity contribution in [2.24, 2.45) is 11.8 Å². The van der Waals surface area contributed by atoms with Crippen LogP contribution in [0.5, 0.6) is 0 Å². The van der Waals surface area contributed by atoms with E-state index in [1.54, 1.807) is 6.33 Å². The van der Waals surface area contributed by atoms with Crippen LogP contribution < -0.4 is 10.2 Å². The smallest absolute Gasteiger partial charge is 0.135 e. The van der Waals surface area contributed by atoms with E-state index in [9.17, 15) is 0 Å². The molecular formula is C13H18N4. The van der Waals surface area contributed by atoms with Crippen molar-refractivity contribution in [3.8, 4) is 0 Å². The normalized spacial score (nSPS) is 30.7. The van der Waals surface area contributed by atoms with E-state index in [4.69, 9.17) is 0 Å². The zero-order valence-electron chi connectivity index (χ0n) is 10.0. The molecule has 1 aromatic rings. The number of hydrogen-bond donors (Lipinski definition) is 1. The zero-order chi connectivity index (χ0) is 11.2. The van der Waals surface area contributed by atoms with Crippen LogP contribution in [0.3, 0.4) is 0 Å². The van der Waals surface area contributed by atoms with Crippen molar-refractivity contribution >= 4 is 5.82 Å². The first kappa shape index (κ1) is 9.83. The lowest BCUT2D eigenvalue weighted by atomic mass is 10.0. The number of anilines is 1. The molecule has 0 aromatic carbocycles. The van der Waals surface area contributed by atoms with E-state index in [1.807, 2.05) is 0 Å². The molecule has 2 atom stereocenters. The summed E-state index contributed by atoms with van der Waals surface area (Å²) in [5.74, 6) is 2.91. The highest BCUT2D eigenvalue weighted by Crippen LogP contribution is 2.34. The number of fused-ring (bicyclic) bond motifs is 2. The lowest BCUT2D eigenvalue weighted by molar-refractivity contribution is 0.533. The highest BCUT2D eigenvalue weighted by atomic mass is 15.2. The number of aryl methyl sites for hydroxylation is 1. The average molecular weight is 230 g/mol. The monoisotopic (exact) mass is 230 g/mol. The van der Waals surface area contributed by atoms with E-state index in [2.05, 4.69) is 20.2 Å². The Morgan fingerprint density at radius 2 is 1.94 bits per heavy atom. The quantitative estimate of drug-likeness (QED) is 0.768. The summed E-state index contributed by atoms with van der Waals surface area (Å²) in [6.07, 6.45) is 5.33. The van der Waals surface area contributed by atoms with E-state index >= 15 is 0 Å². The Morgan fingerprint density at radius 1 is 1.12 bits per heavy atom. The number of aromatic nitrogens is 2. The minimum Gasteiger partial charge on any atom is -0.356 e. The highest BCUT2D eigenvalue weighted by molar-refractivity contribution is 5.51. The number of nitrogens with one attached hydrogen (secondary N) is 1. The lowest BCUT2D eigenvalue weighted by Crippen LogP contribution is -2.27. The maximum atomic E-state index is 4.55. The van der Waals surface area contributed by atoms with Gasteiger partial charge in [0.1, 0.15) is 12.1 Å². The molecule has 17 heavy (non-hydrogen) atoms. The maximum absolute atomic E-state index is 4.55. The lowest BCUT2D eigenvalue weighted by Gasteiger charge is -2.20. The van der Waals surface area contributed by atoms with Gasteiger partial charge in [-0.05, 0) is 31.1 Å². The summed E-state index contributed by atoms with van der Waals surface area (Å²) >= 11 is 0. The summed E-state index contributed by atoms with van der Waals surface area (Å²) in [5.41, 5.74) is 2.73. The molecule has 0 spiro atoms. The molecule has 2 saturated heterocycles. The van der Waals surface area contributed by atoms with Crippen molar-refractivity contribution in [1.82, 2.24) is 15.3 Å². The van der Waals surface area contributed by atoms with Crippen molar-refractivity contribution in [2.75, 3.05) is 31.1 Å². The van der Waals surface area contributed by atoms with Crippen LogP contribution in [-0.2, 0) is 12.8 Å². The predicted molar refractivity (Wildman–Crippen MR) is 66.1 cm³/mol. The topological polar surface area (TPSA) is 41.1 Å². The van der Waals surface area contributed by atoms with Gasteiger partial charge in [0, 0.05) is 37.4 Å². The third-order valence-electron chi connectivity index (χ3n) is 4.54. The Labute approximate surface area is 101 Å². The van der Waals surface area contributed by atoms with Gasteiger partial charge in [-0.15, -0.1) is 0 Å². The summed E-state index contributed by atoms with van der Waals surface area (Å²) in [5, 5.41) is 3.49. The number of nitrogens with zero attached hydrogens (tertiary/aromatic N) is 3. The van der Waals surface area contributed by atoms with Crippen molar-refractivity contribution in [3.05, 3.63) is 17.6 Å². The minimum absolute atomic E-state index is 0.835. The second-order valence-corrected chi connectivity index (χ2v) is 5.56. The zero-order valence-corrected chi connectivity index (χ0v) is 10.0. The summed E-state index contributed by atoms with van der Waals surface area (Å²) in [6.45, 7) is 4.74. The SMILES string of the molecule is c1nc2c(c(N3C[C@H]4CNC[C@H]4C3)n1)CCC2. The van der Waals surface area contributed by atoms with Gasteiger partial charge in [-0.2, -0.15) is 0 Å². The first-order valence-electron chi connectivity index (χ1n) is 6.70. The largest absolute Gasteiger partial charge is 0.356 e. The van der Waals surface area contributed by atoms with Crippen LogP contribution in [0.15, 0.2) is 6.33 Å². The van der Waals surface area contributed by atoms with Crippen LogP contribution in [-0.4, -0.2) is 36.1 Å². The van der Waals surface area contributed by atoms with Crippen LogP contribution in [0.4, 0.5) is 5.82 Å². The van der Waals surface area contributed by atoms with E-state index in [0.29, 0.717) is 0 Å². The van der Waals surface area contributed by atoms with Gasteiger partial charge in [0.15, 0.2) is 0 Å². The molecule has 0 amide bonds. The molecule has 0 radical (unpaired) electrons. The van der Waals surface area contributed by atoms with Gasteiger partial charge in [-0.3, -0.25) is 0 Å². The van der Waals surface area contributed by atoms with Crippen molar-refractivity contribution in [2.45, 2.75) is 19.3 Å². The predicted octanol–water partition coefficient (Wildman–Crippen LogP) is 0.621. The molecule has 4 nitrogen and oxygen atoms in total. The van der Waals surface area contributed by atoms with Gasteiger partial charge in [0.25, 0.3) is 0 Å². The Balaban J connectivity index is 1.65. The molecule has 2 fully saturated rings. The van der Waals surface area contributed by atoms with Crippen molar-refractivity contribution in [1.29, 1.82) is 0 Å². The maximum Gasteiger partial charge on any atom is 0.135 e. The molecule has 4 heteroatoms. The fourth-order valence-electron chi connectivity index (χ4n) is 3.64. The van der Waals surface area contributed by atoms with Gasteiger partial charge in [0.05, 0.1) is 0 Å². The Bertz CT molecular complexity index is 433. The molecule has 0 unspecified atom stereocenters. The standard InChI is InChI=1S/C13H18N4/c1-2-11-12(3-1)15-8-16-13(11)17-6-9-4-14-5-10(9)7-17/h8-10,14H,1-7H2/t9-,10+. The molecular weight excluding hydrogens is 212 g/mol. The summed E-state index contributed by atoms with van der Waals surface area (Å²) < 4.78 is 0. The Hall–Kier alpha value is -1.16. The van der Waals surface area contributed by atoms with Crippen LogP contribution in [0, 0.1) is 11.8 Å². The number of hydrogen-bond acceptors (Lipinski definition) is 4. The van der Waals surface area contributed by atoms with Crippen molar-refractivity contribution < 1.29 is 0 Å². The summed E-state index contributed by atoms with van der Waals surface area (Å²) in [4.78, 5) is 11.5. The summed E-state index contributed by atoms with van der Waals surface area (Å²) in [6, 6.07) is 0. The minimum atomic E-state index is 0.835. The first-order chi connectivity index (χ1) is 8.42. The first-order valence-corrected chi connectivity index (χ1v) is 6.70. The van der Waals surface area contributed by atoms with Crippen molar-refractivity contribution in [3.63, 3.8) is 0 Å². The molecule has 2 aliphatic heterocycles. The molecule has 0 saturated carbocycles. The van der Waals surface area contributed by atoms with Gasteiger partial charge < -0.3 is 10.2 Å². The molecule has 0 bridgehead atoms. The molecule has 90 valence electrons. The van der Waals surface area contributed by atoms with E-state index in [0.717, 1.165) is 18.3 Å². The van der Waals surface area contributed by atoms with E-state index in [1.165, 1.54) is 56.1 Å². The van der Waals surface area contributed by atoms with Crippen LogP contribution in [0.2, 0.25) is 0 Å².